The molecule has 1 aromatic rings. The van der Waals surface area contributed by atoms with Crippen LogP contribution in [-0.4, -0.2) is 47.9 Å². The third-order valence-corrected chi connectivity index (χ3v) is 5.06. The van der Waals surface area contributed by atoms with Gasteiger partial charge in [-0.2, -0.15) is 0 Å². The van der Waals surface area contributed by atoms with Gasteiger partial charge in [0.2, 0.25) is 0 Å². The molecule has 0 unspecified atom stereocenters. The lowest BCUT2D eigenvalue weighted by molar-refractivity contribution is 0.141. The molecule has 0 aromatic heterocycles. The fourth-order valence-electron chi connectivity index (χ4n) is 2.45. The number of aliphatic hydroxyl groups excluding tert-OH is 1. The number of benzene rings is 1. The van der Waals surface area contributed by atoms with E-state index in [9.17, 15) is 10.2 Å². The Labute approximate surface area is 153 Å². The summed E-state index contributed by atoms with van der Waals surface area (Å²) >= 11 is 4.32. The van der Waals surface area contributed by atoms with Crippen LogP contribution in [0.2, 0.25) is 0 Å². The molecule has 20 heavy (non-hydrogen) atoms. The minimum atomic E-state index is 0. The first kappa shape index (κ1) is 18.7. The number of phenolic OH excluding ortho intramolecular Hbond substituents is 1. The maximum Gasteiger partial charge on any atom is 0.142 e. The van der Waals surface area contributed by atoms with Crippen LogP contribution in [0.4, 0.5) is 0 Å². The van der Waals surface area contributed by atoms with E-state index in [-0.39, 0.29) is 25.1 Å². The van der Waals surface area contributed by atoms with E-state index in [4.69, 9.17) is 0 Å². The van der Waals surface area contributed by atoms with Gasteiger partial charge in [0.1, 0.15) is 5.75 Å². The van der Waals surface area contributed by atoms with Crippen LogP contribution < -0.4 is 5.32 Å². The quantitative estimate of drug-likeness (QED) is 0.530. The van der Waals surface area contributed by atoms with Crippen molar-refractivity contribution in [2.75, 3.05) is 32.8 Å². The summed E-state index contributed by atoms with van der Waals surface area (Å²) in [5, 5.41) is 22.5. The smallest absolute Gasteiger partial charge is 0.142 e. The van der Waals surface area contributed by atoms with E-state index >= 15 is 0 Å². The largest absolute Gasteiger partial charge is 0.506 e. The van der Waals surface area contributed by atoms with Crippen LogP contribution in [0.3, 0.4) is 0 Å². The minimum absolute atomic E-state index is 0. The molecular weight excluding hydrogens is 505 g/mol. The van der Waals surface area contributed by atoms with Crippen LogP contribution in [0.15, 0.2) is 12.1 Å². The third kappa shape index (κ3) is 4.57. The van der Waals surface area contributed by atoms with Crippen LogP contribution in [-0.2, 0) is 0 Å². The Hall–Kier alpha value is 0.650. The van der Waals surface area contributed by atoms with Crippen LogP contribution in [0, 0.1) is 7.14 Å². The van der Waals surface area contributed by atoms with Gasteiger partial charge in [0, 0.05) is 38.8 Å². The average Bonchev–Trinajstić information content (AvgIpc) is 2.42. The van der Waals surface area contributed by atoms with Crippen LogP contribution >= 0.6 is 57.6 Å². The summed E-state index contributed by atoms with van der Waals surface area (Å²) in [6.45, 7) is 4.17. The van der Waals surface area contributed by atoms with Gasteiger partial charge in [-0.15, -0.1) is 12.4 Å². The van der Waals surface area contributed by atoms with E-state index in [0.717, 1.165) is 39.7 Å². The molecule has 1 aliphatic rings. The van der Waals surface area contributed by atoms with Crippen molar-refractivity contribution in [2.24, 2.45) is 0 Å². The summed E-state index contributed by atoms with van der Waals surface area (Å²) in [7, 11) is 0. The summed E-state index contributed by atoms with van der Waals surface area (Å²) in [6.07, 6.45) is 0.733. The molecule has 1 fully saturated rings. The fourth-order valence-corrected chi connectivity index (χ4v) is 4.27. The van der Waals surface area contributed by atoms with Crippen LogP contribution in [0.1, 0.15) is 18.0 Å². The second-order valence-corrected chi connectivity index (χ2v) is 6.97. The number of nitrogens with one attached hydrogen (secondary N) is 1. The molecule has 1 aromatic carbocycles. The number of aliphatic hydroxyl groups is 1. The zero-order chi connectivity index (χ0) is 13.8. The summed E-state index contributed by atoms with van der Waals surface area (Å²) in [5.41, 5.74) is 1.18. The predicted molar refractivity (Wildman–Crippen MR) is 99.7 cm³/mol. The summed E-state index contributed by atoms with van der Waals surface area (Å²) < 4.78 is 1.75. The Balaban J connectivity index is 0.00000200. The summed E-state index contributed by atoms with van der Waals surface area (Å²) in [5.74, 6) is 0.355. The van der Waals surface area contributed by atoms with E-state index in [1.165, 1.54) is 5.56 Å². The Morgan fingerprint density at radius 1 is 1.20 bits per heavy atom. The number of aromatic hydroxyl groups is 1. The molecule has 7 heteroatoms. The normalized spacial score (nSPS) is 17.6. The molecule has 0 spiro atoms. The van der Waals surface area contributed by atoms with E-state index in [1.807, 2.05) is 12.1 Å². The lowest BCUT2D eigenvalue weighted by atomic mass is 10.0. The molecule has 1 aliphatic heterocycles. The molecule has 0 saturated carbocycles. The summed E-state index contributed by atoms with van der Waals surface area (Å²) in [4.78, 5) is 2.41. The molecule has 1 atom stereocenters. The Bertz CT molecular complexity index is 419. The SMILES string of the molecule is Cl.OCC[C@H](c1cc(I)c(O)c(I)c1)N1CCNCC1. The molecule has 3 N–H and O–H groups in total. The third-order valence-electron chi connectivity index (χ3n) is 3.42. The predicted octanol–water partition coefficient (Wildman–Crippen LogP) is 2.35. The van der Waals surface area contributed by atoms with E-state index in [2.05, 4.69) is 55.4 Å². The zero-order valence-electron chi connectivity index (χ0n) is 11.0. The number of piperazine rings is 1. The highest BCUT2D eigenvalue weighted by atomic mass is 127. The highest BCUT2D eigenvalue weighted by molar-refractivity contribution is 14.1. The monoisotopic (exact) mass is 524 g/mol. The van der Waals surface area contributed by atoms with Gasteiger partial charge in [-0.05, 0) is 69.3 Å². The summed E-state index contributed by atoms with van der Waals surface area (Å²) in [6, 6.07) is 4.29. The van der Waals surface area contributed by atoms with Crippen molar-refractivity contribution < 1.29 is 10.2 Å². The first-order valence-electron chi connectivity index (χ1n) is 6.37. The molecule has 0 amide bonds. The van der Waals surface area contributed by atoms with Gasteiger partial charge in [-0.3, -0.25) is 4.90 Å². The molecule has 1 heterocycles. The maximum atomic E-state index is 9.86. The number of halogens is 3. The molecule has 4 nitrogen and oxygen atoms in total. The molecule has 2 rings (SSSR count). The Morgan fingerprint density at radius 2 is 1.75 bits per heavy atom. The lowest BCUT2D eigenvalue weighted by Crippen LogP contribution is -2.45. The van der Waals surface area contributed by atoms with Crippen molar-refractivity contribution in [3.05, 3.63) is 24.8 Å². The Morgan fingerprint density at radius 3 is 2.25 bits per heavy atom. The number of hydrogen-bond donors (Lipinski definition) is 3. The molecule has 0 aliphatic carbocycles. The van der Waals surface area contributed by atoms with Gasteiger partial charge in [0.15, 0.2) is 0 Å². The van der Waals surface area contributed by atoms with E-state index < -0.39 is 0 Å². The van der Waals surface area contributed by atoms with Crippen molar-refractivity contribution in [2.45, 2.75) is 12.5 Å². The number of phenols is 1. The highest BCUT2D eigenvalue weighted by Crippen LogP contribution is 2.33. The van der Waals surface area contributed by atoms with Crippen molar-refractivity contribution in [3.8, 4) is 5.75 Å². The lowest BCUT2D eigenvalue weighted by Gasteiger charge is -2.35. The Kier molecular flexibility index (Phi) is 8.36. The maximum absolute atomic E-state index is 9.86. The molecular formula is C13H19ClI2N2O2. The zero-order valence-corrected chi connectivity index (χ0v) is 16.1. The van der Waals surface area contributed by atoms with Gasteiger partial charge in [-0.25, -0.2) is 0 Å². The molecule has 0 radical (unpaired) electrons. The van der Waals surface area contributed by atoms with E-state index in [0.29, 0.717) is 5.75 Å². The molecule has 1 saturated heterocycles. The molecule has 0 bridgehead atoms. The standard InChI is InChI=1S/C13H18I2N2O2.ClH/c14-10-7-9(8-11(15)13(10)19)12(1-6-18)17-4-2-16-3-5-17;/h7-8,12,16,18-19H,1-6H2;1H/t12-;/m1./s1. The number of rotatable bonds is 4. The topological polar surface area (TPSA) is 55.7 Å². The van der Waals surface area contributed by atoms with Gasteiger partial charge >= 0.3 is 0 Å². The van der Waals surface area contributed by atoms with Crippen LogP contribution in [0.25, 0.3) is 0 Å². The molecule has 114 valence electrons. The van der Waals surface area contributed by atoms with Gasteiger partial charge < -0.3 is 15.5 Å². The second-order valence-electron chi connectivity index (χ2n) is 4.65. The van der Waals surface area contributed by atoms with Gasteiger partial charge in [0.25, 0.3) is 0 Å². The van der Waals surface area contributed by atoms with Crippen molar-refractivity contribution in [3.63, 3.8) is 0 Å². The fraction of sp³-hybridized carbons (Fsp3) is 0.538. The second kappa shape index (κ2) is 8.94. The van der Waals surface area contributed by atoms with Gasteiger partial charge in [-0.1, -0.05) is 0 Å². The number of nitrogens with zero attached hydrogens (tertiary/aromatic N) is 1. The minimum Gasteiger partial charge on any atom is -0.506 e. The number of hydrogen-bond acceptors (Lipinski definition) is 4. The van der Waals surface area contributed by atoms with Crippen LogP contribution in [0.5, 0.6) is 5.75 Å². The highest BCUT2D eigenvalue weighted by Gasteiger charge is 2.23. The van der Waals surface area contributed by atoms with Crippen molar-refractivity contribution in [1.29, 1.82) is 0 Å². The van der Waals surface area contributed by atoms with Gasteiger partial charge in [0.05, 0.1) is 7.14 Å². The van der Waals surface area contributed by atoms with Crippen molar-refractivity contribution in [1.82, 2.24) is 10.2 Å². The first-order valence-corrected chi connectivity index (χ1v) is 8.52. The first-order chi connectivity index (χ1) is 9.13. The van der Waals surface area contributed by atoms with E-state index in [1.54, 1.807) is 0 Å². The average molecular weight is 525 g/mol. The van der Waals surface area contributed by atoms with Crippen molar-refractivity contribution >= 4 is 57.6 Å².